The second-order valence-electron chi connectivity index (χ2n) is 17.4. The number of fused-ring (bicyclic) bond motifs is 5. The van der Waals surface area contributed by atoms with Crippen LogP contribution in [0.25, 0.3) is 33.1 Å². The Morgan fingerprint density at radius 3 is 2.24 bits per heavy atom. The largest absolute Gasteiger partial charge is 0.453 e. The van der Waals surface area contributed by atoms with Crippen LogP contribution in [0, 0.1) is 35.5 Å². The van der Waals surface area contributed by atoms with E-state index < -0.39 is 18.2 Å². The molecule has 8 atom stereocenters. The Labute approximate surface area is 344 Å². The molecule has 59 heavy (non-hydrogen) atoms. The van der Waals surface area contributed by atoms with Gasteiger partial charge in [-0.2, -0.15) is 0 Å². The number of hydrogen-bond donors (Lipinski definition) is 4. The van der Waals surface area contributed by atoms with Crippen LogP contribution in [0.1, 0.15) is 88.2 Å². The molecule has 5 aromatic rings. The van der Waals surface area contributed by atoms with E-state index in [1.165, 1.54) is 20.6 Å². The number of carbonyl (C=O) groups excluding carboxylic acids is 3. The molecule has 13 nitrogen and oxygen atoms in total. The molecule has 3 amide bonds. The van der Waals surface area contributed by atoms with Crippen molar-refractivity contribution in [2.45, 2.75) is 89.6 Å². The zero-order chi connectivity index (χ0) is 41.1. The molecular formula is C46H52N8O5. The second kappa shape index (κ2) is 15.4. The van der Waals surface area contributed by atoms with Crippen molar-refractivity contribution >= 4 is 39.9 Å². The number of likely N-dealkylation sites (tertiary alicyclic amines) is 2. The highest BCUT2D eigenvalue weighted by molar-refractivity contribution is 6.04. The van der Waals surface area contributed by atoms with Crippen LogP contribution < -0.4 is 10.6 Å². The summed E-state index contributed by atoms with van der Waals surface area (Å²) in [6.07, 6.45) is 4.92. The molecule has 3 aromatic carbocycles. The minimum absolute atomic E-state index is 0.0153. The van der Waals surface area contributed by atoms with Gasteiger partial charge in [0.05, 0.1) is 49.2 Å². The van der Waals surface area contributed by atoms with Gasteiger partial charge in [-0.1, -0.05) is 63.8 Å². The van der Waals surface area contributed by atoms with Crippen LogP contribution in [0.2, 0.25) is 0 Å². The molecule has 0 spiro atoms. The number of benzene rings is 3. The molecule has 306 valence electrons. The summed E-state index contributed by atoms with van der Waals surface area (Å²) >= 11 is 0. The number of nitrogens with zero attached hydrogens (tertiary/aromatic N) is 4. The normalized spacial score (nSPS) is 24.0. The van der Waals surface area contributed by atoms with Crippen molar-refractivity contribution in [1.82, 2.24) is 40.4 Å². The number of rotatable bonds is 10. The lowest BCUT2D eigenvalue weighted by molar-refractivity contribution is -0.136. The van der Waals surface area contributed by atoms with E-state index in [-0.39, 0.29) is 41.9 Å². The molecular weight excluding hydrogens is 745 g/mol. The second-order valence-corrected chi connectivity index (χ2v) is 17.4. The molecule has 4 N–H and O–H groups in total. The van der Waals surface area contributed by atoms with E-state index in [9.17, 15) is 14.4 Å². The molecule has 2 saturated carbocycles. The maximum Gasteiger partial charge on any atom is 0.407 e. The van der Waals surface area contributed by atoms with Crippen molar-refractivity contribution in [3.8, 4) is 23.1 Å². The molecule has 0 radical (unpaired) electrons. The minimum Gasteiger partial charge on any atom is -0.453 e. The van der Waals surface area contributed by atoms with Gasteiger partial charge in [-0.05, 0) is 90.6 Å². The zero-order valence-electron chi connectivity index (χ0n) is 34.4. The summed E-state index contributed by atoms with van der Waals surface area (Å²) in [5, 5.41) is 7.95. The number of carbonyl (C=O) groups is 3. The monoisotopic (exact) mass is 796 g/mol. The highest BCUT2D eigenvalue weighted by atomic mass is 16.5. The quantitative estimate of drug-likeness (QED) is 0.109. The van der Waals surface area contributed by atoms with Crippen molar-refractivity contribution < 1.29 is 23.9 Å². The number of hydrogen-bond acceptors (Lipinski definition) is 8. The number of aromatic nitrogens is 4. The third-order valence-corrected chi connectivity index (χ3v) is 12.9. The van der Waals surface area contributed by atoms with Crippen LogP contribution in [0.15, 0.2) is 60.8 Å². The molecule has 8 unspecified atom stereocenters. The molecule has 4 aliphatic rings. The Hall–Kier alpha value is -5.87. The van der Waals surface area contributed by atoms with E-state index in [1.807, 2.05) is 49.2 Å². The van der Waals surface area contributed by atoms with E-state index >= 15 is 0 Å². The van der Waals surface area contributed by atoms with Crippen LogP contribution in [-0.4, -0.2) is 92.8 Å². The van der Waals surface area contributed by atoms with E-state index in [1.54, 1.807) is 0 Å². The van der Waals surface area contributed by atoms with Gasteiger partial charge < -0.3 is 35.0 Å². The van der Waals surface area contributed by atoms with Crippen LogP contribution in [0.4, 0.5) is 9.59 Å². The van der Waals surface area contributed by atoms with E-state index in [0.29, 0.717) is 17.9 Å². The Morgan fingerprint density at radius 1 is 0.797 bits per heavy atom. The standard InChI is InChI=1S/C46H52N8O5/c1-24(2)35(50-45(56)58-5)23-53-36-18-30(36)20-38(53)43-48-33-16-14-29-17-27(11-15-32(29)41(33)51-43)8-7-26-9-12-28(13-10-26)34-22-47-42(49-34)39-21-31-19-37(31)54(39)44(55)40(25(3)4)52-46(57)59-6/h9-17,22,24-25,30-31,35-40H,18-21,23H2,1-6H3,(H,47,49)(H,48,51)(H,50,56)(H,52,57). The van der Waals surface area contributed by atoms with Crippen LogP contribution in [-0.2, 0) is 14.3 Å². The fraction of sp³-hybridized carbons (Fsp3) is 0.457. The minimum atomic E-state index is -0.671. The first-order chi connectivity index (χ1) is 28.5. The summed E-state index contributed by atoms with van der Waals surface area (Å²) in [6.45, 7) is 8.87. The van der Waals surface area contributed by atoms with Crippen molar-refractivity contribution in [2.75, 3.05) is 20.8 Å². The Bertz CT molecular complexity index is 2480. The average Bonchev–Trinajstić information content (AvgIpc) is 3.87. The van der Waals surface area contributed by atoms with Crippen molar-refractivity contribution in [2.24, 2.45) is 23.7 Å². The van der Waals surface area contributed by atoms with Gasteiger partial charge >= 0.3 is 12.2 Å². The number of H-pyrrole nitrogens is 2. The number of alkyl carbamates (subject to hydrolysis) is 2. The highest BCUT2D eigenvalue weighted by Gasteiger charge is 2.56. The first-order valence-corrected chi connectivity index (χ1v) is 20.9. The summed E-state index contributed by atoms with van der Waals surface area (Å²) < 4.78 is 9.72. The smallest absolute Gasteiger partial charge is 0.407 e. The SMILES string of the molecule is COC(=O)NC(CN1C(c2nc3c(ccc4cc(C#Cc5ccc(-c6cnc(C7CC8CC8N7C(=O)C(NC(=O)OC)C(C)C)[nH]6)cc5)ccc43)[nH]2)CC2CC21)C(C)C. The summed E-state index contributed by atoms with van der Waals surface area (Å²) in [4.78, 5) is 59.4. The van der Waals surface area contributed by atoms with E-state index in [4.69, 9.17) is 19.4 Å². The maximum absolute atomic E-state index is 13.8. The molecule has 2 aromatic heterocycles. The number of aromatic amines is 2. The average molecular weight is 797 g/mol. The third kappa shape index (κ3) is 7.50. The summed E-state index contributed by atoms with van der Waals surface area (Å²) in [6, 6.07) is 18.6. The maximum atomic E-state index is 13.8. The fourth-order valence-electron chi connectivity index (χ4n) is 9.40. The number of piperidine rings is 2. The van der Waals surface area contributed by atoms with Crippen LogP contribution in [0.5, 0.6) is 0 Å². The van der Waals surface area contributed by atoms with Crippen LogP contribution in [0.3, 0.4) is 0 Å². The van der Waals surface area contributed by atoms with Crippen molar-refractivity contribution in [1.29, 1.82) is 0 Å². The number of nitrogens with one attached hydrogen (secondary N) is 4. The molecule has 0 bridgehead atoms. The molecule has 13 heteroatoms. The van der Waals surface area contributed by atoms with Crippen LogP contribution >= 0.6 is 0 Å². The summed E-state index contributed by atoms with van der Waals surface area (Å²) in [5.74, 6) is 9.63. The number of imidazole rings is 2. The molecule has 2 aliphatic carbocycles. The van der Waals surface area contributed by atoms with Gasteiger partial charge in [0, 0.05) is 41.2 Å². The van der Waals surface area contributed by atoms with Crippen molar-refractivity contribution in [3.05, 3.63) is 83.6 Å². The van der Waals surface area contributed by atoms with Gasteiger partial charge in [-0.15, -0.1) is 0 Å². The van der Waals surface area contributed by atoms with E-state index in [2.05, 4.69) is 81.5 Å². The third-order valence-electron chi connectivity index (χ3n) is 12.9. The van der Waals surface area contributed by atoms with Gasteiger partial charge in [0.1, 0.15) is 17.7 Å². The van der Waals surface area contributed by atoms with Gasteiger partial charge in [0.25, 0.3) is 0 Å². The van der Waals surface area contributed by atoms with Gasteiger partial charge in [-0.3, -0.25) is 9.69 Å². The first-order valence-electron chi connectivity index (χ1n) is 20.9. The van der Waals surface area contributed by atoms with Gasteiger partial charge in [0.2, 0.25) is 5.91 Å². The topological polar surface area (TPSA) is 158 Å². The molecule has 4 heterocycles. The summed E-state index contributed by atoms with van der Waals surface area (Å²) in [5.41, 5.74) is 5.64. The Morgan fingerprint density at radius 2 is 1.49 bits per heavy atom. The lowest BCUT2D eigenvalue weighted by atomic mass is 10.0. The zero-order valence-corrected chi connectivity index (χ0v) is 34.4. The number of methoxy groups -OCH3 is 2. The highest BCUT2D eigenvalue weighted by Crippen LogP contribution is 2.54. The Kier molecular flexibility index (Phi) is 10.1. The van der Waals surface area contributed by atoms with Crippen molar-refractivity contribution in [3.63, 3.8) is 0 Å². The molecule has 2 saturated heterocycles. The number of amides is 3. The molecule has 4 fully saturated rings. The van der Waals surface area contributed by atoms with Gasteiger partial charge in [0.15, 0.2) is 0 Å². The predicted octanol–water partition coefficient (Wildman–Crippen LogP) is 7.06. The van der Waals surface area contributed by atoms with E-state index in [0.717, 1.165) is 81.6 Å². The summed E-state index contributed by atoms with van der Waals surface area (Å²) in [7, 11) is 2.71. The Balaban J connectivity index is 0.881. The first kappa shape index (κ1) is 38.6. The molecule has 9 rings (SSSR count). The lowest BCUT2D eigenvalue weighted by Gasteiger charge is -2.32. The lowest BCUT2D eigenvalue weighted by Crippen LogP contribution is -2.52. The molecule has 2 aliphatic heterocycles. The fourth-order valence-corrected chi connectivity index (χ4v) is 9.40. The predicted molar refractivity (Wildman–Crippen MR) is 224 cm³/mol. The number of ether oxygens (including phenoxy) is 2. The van der Waals surface area contributed by atoms with Gasteiger partial charge in [-0.25, -0.2) is 19.6 Å².